The van der Waals surface area contributed by atoms with Gasteiger partial charge in [0.15, 0.2) is 11.5 Å². The van der Waals surface area contributed by atoms with E-state index in [0.717, 1.165) is 5.56 Å². The third-order valence-electron chi connectivity index (χ3n) is 7.14. The normalized spacial score (nSPS) is 19.8. The highest BCUT2D eigenvalue weighted by molar-refractivity contribution is 5.94. The number of carbonyl (C=O) groups is 2. The van der Waals surface area contributed by atoms with Crippen molar-refractivity contribution in [1.82, 2.24) is 30.2 Å². The van der Waals surface area contributed by atoms with Gasteiger partial charge in [0.25, 0.3) is 5.91 Å². The standard InChI is InChI=1S/C31H37N7O6/c1-31(2,3)44-30(42)32-13-14-43-21-11-9-20(10-12-21)29(41)37-22-15-23(26(40)25(22)39)38-18-36-24-27(34-17-35-28(24)38)33-16-19-7-5-4-6-8-19/h4-12,17-18,22-23,25-26,39-40H,13-16H2,1-3H3,(H,32,42)(H,37,41)(H,33,34,35)/t22-,23+,25-,26+/m1/s1. The van der Waals surface area contributed by atoms with Crippen LogP contribution in [-0.2, 0) is 11.3 Å². The van der Waals surface area contributed by atoms with E-state index in [1.54, 1.807) is 55.9 Å². The molecule has 4 atom stereocenters. The summed E-state index contributed by atoms with van der Waals surface area (Å²) in [6.45, 7) is 6.38. The molecule has 4 aromatic rings. The molecule has 0 spiro atoms. The second kappa shape index (κ2) is 13.3. The van der Waals surface area contributed by atoms with E-state index in [-0.39, 0.29) is 19.6 Å². The summed E-state index contributed by atoms with van der Waals surface area (Å²) in [6, 6.07) is 15.1. The van der Waals surface area contributed by atoms with Crippen molar-refractivity contribution < 1.29 is 29.3 Å². The van der Waals surface area contributed by atoms with Crippen LogP contribution in [0.25, 0.3) is 11.2 Å². The summed E-state index contributed by atoms with van der Waals surface area (Å²) in [5.41, 5.74) is 1.92. The molecule has 1 aliphatic carbocycles. The highest BCUT2D eigenvalue weighted by Gasteiger charge is 2.44. The molecule has 5 N–H and O–H groups in total. The second-order valence-corrected chi connectivity index (χ2v) is 11.6. The first-order valence-corrected chi connectivity index (χ1v) is 14.4. The monoisotopic (exact) mass is 603 g/mol. The fraction of sp³-hybridized carbons (Fsp3) is 0.387. The van der Waals surface area contributed by atoms with Crippen LogP contribution in [0.4, 0.5) is 10.6 Å². The third-order valence-corrected chi connectivity index (χ3v) is 7.14. The van der Waals surface area contributed by atoms with E-state index < -0.39 is 41.9 Å². The van der Waals surface area contributed by atoms with Crippen molar-refractivity contribution in [2.45, 2.75) is 63.6 Å². The lowest BCUT2D eigenvalue weighted by Gasteiger charge is -2.19. The number of benzene rings is 2. The summed E-state index contributed by atoms with van der Waals surface area (Å²) in [6.07, 6.45) is 0.388. The molecular weight excluding hydrogens is 566 g/mol. The maximum atomic E-state index is 13.0. The van der Waals surface area contributed by atoms with E-state index in [2.05, 4.69) is 30.9 Å². The number of alkyl carbamates (subject to hydrolysis) is 1. The number of nitrogens with zero attached hydrogens (tertiary/aromatic N) is 4. The molecule has 2 aromatic heterocycles. The predicted molar refractivity (Wildman–Crippen MR) is 162 cm³/mol. The molecule has 1 fully saturated rings. The minimum absolute atomic E-state index is 0.219. The smallest absolute Gasteiger partial charge is 0.407 e. The lowest BCUT2D eigenvalue weighted by Crippen LogP contribution is -2.43. The molecule has 0 bridgehead atoms. The Morgan fingerprint density at radius 3 is 2.48 bits per heavy atom. The minimum atomic E-state index is -1.20. The van der Waals surface area contributed by atoms with Crippen molar-refractivity contribution in [3.63, 3.8) is 0 Å². The van der Waals surface area contributed by atoms with Gasteiger partial charge in [0.1, 0.15) is 42.0 Å². The molecule has 0 saturated heterocycles. The van der Waals surface area contributed by atoms with E-state index in [1.165, 1.54) is 6.33 Å². The van der Waals surface area contributed by atoms with Crippen molar-refractivity contribution in [2.75, 3.05) is 18.5 Å². The van der Waals surface area contributed by atoms with Crippen molar-refractivity contribution in [3.8, 4) is 5.75 Å². The van der Waals surface area contributed by atoms with E-state index in [9.17, 15) is 19.8 Å². The van der Waals surface area contributed by atoms with Crippen LogP contribution in [-0.4, -0.2) is 78.7 Å². The van der Waals surface area contributed by atoms with Gasteiger partial charge in [-0.25, -0.2) is 19.7 Å². The Hall–Kier alpha value is -4.75. The first kappa shape index (κ1) is 30.7. The summed E-state index contributed by atoms with van der Waals surface area (Å²) in [7, 11) is 0. The summed E-state index contributed by atoms with van der Waals surface area (Å²) in [4.78, 5) is 37.9. The number of fused-ring (bicyclic) bond motifs is 1. The maximum absolute atomic E-state index is 13.0. The molecule has 2 amide bonds. The first-order chi connectivity index (χ1) is 21.1. The number of rotatable bonds is 10. The van der Waals surface area contributed by atoms with Crippen LogP contribution in [0.1, 0.15) is 49.2 Å². The van der Waals surface area contributed by atoms with Crippen LogP contribution in [0.3, 0.4) is 0 Å². The van der Waals surface area contributed by atoms with Gasteiger partial charge in [0.2, 0.25) is 0 Å². The average molecular weight is 604 g/mol. The molecule has 0 radical (unpaired) electrons. The van der Waals surface area contributed by atoms with Crippen LogP contribution in [0.2, 0.25) is 0 Å². The summed E-state index contributed by atoms with van der Waals surface area (Å²) in [5, 5.41) is 30.5. The molecule has 1 aliphatic rings. The zero-order valence-corrected chi connectivity index (χ0v) is 24.8. The number of hydrogen-bond acceptors (Lipinski definition) is 10. The van der Waals surface area contributed by atoms with E-state index in [1.807, 2.05) is 30.3 Å². The predicted octanol–water partition coefficient (Wildman–Crippen LogP) is 2.81. The Morgan fingerprint density at radius 2 is 1.75 bits per heavy atom. The Morgan fingerprint density at radius 1 is 1.00 bits per heavy atom. The number of anilines is 1. The Kier molecular flexibility index (Phi) is 9.26. The Bertz CT molecular complexity index is 1570. The van der Waals surface area contributed by atoms with Gasteiger partial charge in [-0.05, 0) is 57.0 Å². The van der Waals surface area contributed by atoms with Crippen molar-refractivity contribution in [1.29, 1.82) is 0 Å². The van der Waals surface area contributed by atoms with Gasteiger partial charge in [-0.1, -0.05) is 30.3 Å². The number of aliphatic hydroxyl groups is 2. The number of hydrogen-bond donors (Lipinski definition) is 5. The number of nitrogens with one attached hydrogen (secondary N) is 3. The summed E-state index contributed by atoms with van der Waals surface area (Å²) >= 11 is 0. The maximum Gasteiger partial charge on any atom is 0.407 e. The fourth-order valence-electron chi connectivity index (χ4n) is 5.02. The molecule has 44 heavy (non-hydrogen) atoms. The zero-order valence-electron chi connectivity index (χ0n) is 24.8. The lowest BCUT2D eigenvalue weighted by atomic mass is 10.1. The molecular formula is C31H37N7O6. The van der Waals surface area contributed by atoms with Crippen molar-refractivity contribution in [3.05, 3.63) is 78.4 Å². The van der Waals surface area contributed by atoms with Gasteiger partial charge >= 0.3 is 6.09 Å². The average Bonchev–Trinajstić information content (AvgIpc) is 3.55. The zero-order chi connectivity index (χ0) is 31.3. The fourth-order valence-corrected chi connectivity index (χ4v) is 5.02. The van der Waals surface area contributed by atoms with Gasteiger partial charge in [0, 0.05) is 12.1 Å². The quantitative estimate of drug-likeness (QED) is 0.170. The van der Waals surface area contributed by atoms with Crippen LogP contribution in [0, 0.1) is 0 Å². The van der Waals surface area contributed by atoms with Crippen LogP contribution < -0.4 is 20.7 Å². The molecule has 13 heteroatoms. The molecule has 232 valence electrons. The van der Waals surface area contributed by atoms with Crippen LogP contribution >= 0.6 is 0 Å². The molecule has 0 unspecified atom stereocenters. The largest absolute Gasteiger partial charge is 0.492 e. The molecule has 0 aliphatic heterocycles. The van der Waals surface area contributed by atoms with Gasteiger partial charge < -0.3 is 40.2 Å². The highest BCUT2D eigenvalue weighted by Crippen LogP contribution is 2.34. The summed E-state index contributed by atoms with van der Waals surface area (Å²) in [5.74, 6) is 0.683. The number of aromatic nitrogens is 4. The molecule has 13 nitrogen and oxygen atoms in total. The van der Waals surface area contributed by atoms with Crippen LogP contribution in [0.15, 0.2) is 67.3 Å². The molecule has 1 saturated carbocycles. The number of carbonyl (C=O) groups excluding carboxylic acids is 2. The number of aliphatic hydroxyl groups excluding tert-OH is 2. The second-order valence-electron chi connectivity index (χ2n) is 11.6. The topological polar surface area (TPSA) is 173 Å². The van der Waals surface area contributed by atoms with Gasteiger partial charge in [-0.3, -0.25) is 4.79 Å². The summed E-state index contributed by atoms with van der Waals surface area (Å²) < 4.78 is 12.5. The van der Waals surface area contributed by atoms with Gasteiger partial charge in [-0.2, -0.15) is 0 Å². The van der Waals surface area contributed by atoms with Crippen molar-refractivity contribution >= 4 is 29.0 Å². The number of ether oxygens (including phenoxy) is 2. The van der Waals surface area contributed by atoms with Crippen LogP contribution in [0.5, 0.6) is 5.75 Å². The van der Waals surface area contributed by atoms with Gasteiger partial charge in [-0.15, -0.1) is 0 Å². The van der Waals surface area contributed by atoms with E-state index in [4.69, 9.17) is 9.47 Å². The number of amides is 2. The Balaban J connectivity index is 1.16. The Labute approximate surface area is 254 Å². The SMILES string of the molecule is CC(C)(C)OC(=O)NCCOc1ccc(C(=O)N[C@@H]2C[C@H](n3cnc4c(NCc5ccccc5)ncnc43)[C@H](O)[C@@H]2O)cc1. The lowest BCUT2D eigenvalue weighted by molar-refractivity contribution is 0.0143. The van der Waals surface area contributed by atoms with Crippen molar-refractivity contribution in [2.24, 2.45) is 0 Å². The molecule has 5 rings (SSSR count). The van der Waals surface area contributed by atoms with Gasteiger partial charge in [0.05, 0.1) is 25.0 Å². The third kappa shape index (κ3) is 7.41. The minimum Gasteiger partial charge on any atom is -0.492 e. The molecule has 2 heterocycles. The number of imidazole rings is 1. The first-order valence-electron chi connectivity index (χ1n) is 14.4. The highest BCUT2D eigenvalue weighted by atomic mass is 16.6. The van der Waals surface area contributed by atoms with E-state index in [0.29, 0.717) is 34.8 Å². The van der Waals surface area contributed by atoms with E-state index >= 15 is 0 Å². The molecule has 2 aromatic carbocycles.